The summed E-state index contributed by atoms with van der Waals surface area (Å²) in [5.41, 5.74) is 0.817. The van der Waals surface area contributed by atoms with Gasteiger partial charge in [0.25, 0.3) is 5.69 Å². The molecule has 0 atom stereocenters. The predicted molar refractivity (Wildman–Crippen MR) is 45.5 cm³/mol. The average molecular weight is 478 g/mol. The zero-order chi connectivity index (χ0) is 8.43. The van der Waals surface area contributed by atoms with E-state index < -0.39 is 0 Å². The van der Waals surface area contributed by atoms with Crippen LogP contribution in [0.15, 0.2) is 22.7 Å². The van der Waals surface area contributed by atoms with Gasteiger partial charge in [0.1, 0.15) is 0 Å². The molecule has 0 spiro atoms. The third kappa shape index (κ3) is 1.58. The van der Waals surface area contributed by atoms with Crippen LogP contribution in [-0.4, -0.2) is 4.92 Å². The molecular formula is C7H6BrLrNO2. The molecule has 0 fully saturated rings. The number of hydrogen-bond donors (Lipinski definition) is 0. The Morgan fingerprint density at radius 3 is 2.42 bits per heavy atom. The predicted octanol–water partition coefficient (Wildman–Crippen LogP) is 2.67. The van der Waals surface area contributed by atoms with Crippen LogP contribution in [0.5, 0.6) is 0 Å². The molecule has 0 N–H and O–H groups in total. The van der Waals surface area contributed by atoms with Crippen LogP contribution >= 0.6 is 15.9 Å². The van der Waals surface area contributed by atoms with Crippen molar-refractivity contribution in [2.24, 2.45) is 0 Å². The van der Waals surface area contributed by atoms with E-state index in [1.165, 1.54) is 0 Å². The molecule has 1 aromatic rings. The van der Waals surface area contributed by atoms with Gasteiger partial charge in [-0.1, -0.05) is 12.1 Å². The summed E-state index contributed by atoms with van der Waals surface area (Å²) in [5, 5.41) is 10.4. The standard InChI is InChI=1S/C7H6BrNO2.Lr/c1-5-3-2-4-6(8)7(5)9(10)11;/h2-4H,1H3;. The largest absolute Gasteiger partial charge is 0.286 e. The molecule has 0 saturated carbocycles. The SMILES string of the molecule is Cc1cccc(Br)c1[N+](=O)[O-].[Lr]. The van der Waals surface area contributed by atoms with Gasteiger partial charge in [0.2, 0.25) is 0 Å². The number of nitro benzene ring substituents is 1. The number of hydrogen-bond acceptors (Lipinski definition) is 2. The molecule has 73 valence electrons. The summed E-state index contributed by atoms with van der Waals surface area (Å²) in [6.45, 7) is 1.71. The molecule has 0 saturated heterocycles. The molecule has 0 aliphatic rings. The van der Waals surface area contributed by atoms with Crippen LogP contribution in [0.1, 0.15) is 5.56 Å². The molecule has 0 heterocycles. The van der Waals surface area contributed by atoms with Crippen LogP contribution in [0.4, 0.5) is 5.69 Å². The number of rotatable bonds is 1. The van der Waals surface area contributed by atoms with Crippen molar-refractivity contribution in [2.45, 2.75) is 6.92 Å². The molecule has 0 aliphatic carbocycles. The van der Waals surface area contributed by atoms with Crippen molar-refractivity contribution in [2.75, 3.05) is 0 Å². The number of halogens is 1. The molecule has 1 rings (SSSR count). The van der Waals surface area contributed by atoms with Crippen LogP contribution in [0, 0.1) is 17.0 Å². The minimum Gasteiger partial charge on any atom is -0.258 e. The second kappa shape index (κ2) is 3.48. The number of para-hydroxylation sites is 1. The van der Waals surface area contributed by atoms with Gasteiger partial charge in [-0.15, -0.1) is 0 Å². The number of nitrogens with zero attached hydrogens (tertiary/aromatic N) is 1. The molecule has 0 unspecified atom stereocenters. The number of benzene rings is 1. The van der Waals surface area contributed by atoms with E-state index in [0.717, 1.165) is 0 Å². The van der Waals surface area contributed by atoms with Crippen LogP contribution < -0.4 is 0 Å². The fourth-order valence-corrected chi connectivity index (χ4v) is 1.46. The minimum atomic E-state index is -0.389. The second-order valence-corrected chi connectivity index (χ2v) is 3.02. The van der Waals surface area contributed by atoms with Crippen LogP contribution in [0.3, 0.4) is 0 Å². The molecule has 1 aromatic carbocycles. The van der Waals surface area contributed by atoms with E-state index in [9.17, 15) is 10.1 Å². The van der Waals surface area contributed by atoms with E-state index >= 15 is 0 Å². The first kappa shape index (κ1) is 10.1. The molecule has 1 radical (unpaired) electrons. The van der Waals surface area contributed by atoms with Gasteiger partial charge in [0.15, 0.2) is 0 Å². The fraction of sp³-hybridized carbons (Fsp3) is 0.143. The van der Waals surface area contributed by atoms with Gasteiger partial charge in [0, 0.05) is 5.56 Å². The van der Waals surface area contributed by atoms with E-state index in [-0.39, 0.29) is 10.6 Å². The van der Waals surface area contributed by atoms with Gasteiger partial charge in [0.05, 0.1) is 9.40 Å². The van der Waals surface area contributed by atoms with Gasteiger partial charge in [-0.3, -0.25) is 10.1 Å². The molecule has 0 amide bonds. The maximum Gasteiger partial charge on any atom is 0.286 e. The first-order chi connectivity index (χ1) is 5.13. The second-order valence-electron chi connectivity index (χ2n) is 2.16. The van der Waals surface area contributed by atoms with Crippen molar-refractivity contribution in [1.82, 2.24) is 0 Å². The van der Waals surface area contributed by atoms with E-state index in [2.05, 4.69) is 15.9 Å². The first-order valence-corrected chi connectivity index (χ1v) is 3.81. The molecular weight excluding hydrogens is 472 g/mol. The Balaban J connectivity index is 0.00000121. The van der Waals surface area contributed by atoms with E-state index in [1.807, 2.05) is 0 Å². The van der Waals surface area contributed by atoms with Crippen LogP contribution in [0.2, 0.25) is 0 Å². The fourth-order valence-electron chi connectivity index (χ4n) is 0.854. The number of aryl methyl sites for hydroxylation is 1. The van der Waals surface area contributed by atoms with Gasteiger partial charge >= 0.3 is 0 Å². The molecule has 12 heavy (non-hydrogen) atoms. The minimum absolute atomic E-state index is 0. The van der Waals surface area contributed by atoms with Crippen molar-refractivity contribution in [3.8, 4) is 0 Å². The third-order valence-corrected chi connectivity index (χ3v) is 2.01. The first-order valence-electron chi connectivity index (χ1n) is 3.02. The summed E-state index contributed by atoms with van der Waals surface area (Å²) in [7, 11) is 0. The molecule has 0 bridgehead atoms. The van der Waals surface area contributed by atoms with E-state index in [4.69, 9.17) is 0 Å². The summed E-state index contributed by atoms with van der Waals surface area (Å²) in [5.74, 6) is 0. The van der Waals surface area contributed by atoms with E-state index in [0.29, 0.717) is 10.0 Å². The summed E-state index contributed by atoms with van der Waals surface area (Å²) in [6, 6.07) is 5.14. The van der Waals surface area contributed by atoms with Crippen molar-refractivity contribution in [3.05, 3.63) is 38.3 Å². The average Bonchev–Trinajstić information content (AvgIpc) is 1.85. The Morgan fingerprint density at radius 2 is 2.08 bits per heavy atom. The van der Waals surface area contributed by atoms with Crippen molar-refractivity contribution < 1.29 is 4.92 Å². The Kier molecular flexibility index (Phi) is 2.93. The van der Waals surface area contributed by atoms with Gasteiger partial charge < -0.3 is 0 Å². The molecule has 3 nitrogen and oxygen atoms in total. The van der Waals surface area contributed by atoms with Crippen LogP contribution in [-0.2, 0) is 0 Å². The Morgan fingerprint density at radius 1 is 1.50 bits per heavy atom. The summed E-state index contributed by atoms with van der Waals surface area (Å²) in [4.78, 5) is 10.0. The molecule has 0 aromatic heterocycles. The van der Waals surface area contributed by atoms with Gasteiger partial charge in [-0.05, 0) is 28.9 Å². The Bertz CT molecular complexity index is 283. The topological polar surface area (TPSA) is 43.1 Å². The summed E-state index contributed by atoms with van der Waals surface area (Å²) < 4.78 is 0.530. The zero-order valence-corrected chi connectivity index (χ0v) is 9.87. The Hall–Kier alpha value is -1.90. The maximum absolute atomic E-state index is 10.4. The zero-order valence-electron chi connectivity index (χ0n) is 6.13. The maximum atomic E-state index is 10.4. The number of nitro groups is 1. The normalized spacial score (nSPS) is 8.83. The van der Waals surface area contributed by atoms with Crippen LogP contribution in [0.25, 0.3) is 0 Å². The smallest absolute Gasteiger partial charge is 0.258 e. The van der Waals surface area contributed by atoms with Crippen molar-refractivity contribution in [1.29, 1.82) is 0 Å². The van der Waals surface area contributed by atoms with Crippen molar-refractivity contribution >= 4 is 21.6 Å². The monoisotopic (exact) mass is 477 g/mol. The molecule has 0 aliphatic heterocycles. The molecule has 5 heteroatoms. The van der Waals surface area contributed by atoms with Gasteiger partial charge in [-0.25, -0.2) is 0 Å². The summed E-state index contributed by atoms with van der Waals surface area (Å²) in [6.07, 6.45) is 0. The van der Waals surface area contributed by atoms with Gasteiger partial charge in [-0.2, -0.15) is 0 Å². The van der Waals surface area contributed by atoms with Crippen molar-refractivity contribution in [3.63, 3.8) is 0 Å². The Labute approximate surface area is 72.3 Å². The quantitative estimate of drug-likeness (QED) is 0.461. The third-order valence-electron chi connectivity index (χ3n) is 1.37. The summed E-state index contributed by atoms with van der Waals surface area (Å²) >= 11 is 3.11. The van der Waals surface area contributed by atoms with E-state index in [1.54, 1.807) is 25.1 Å².